The largest absolute Gasteiger partial charge is 0.508 e. The molecule has 0 bridgehead atoms. The molecule has 2 rings (SSSR count). The van der Waals surface area contributed by atoms with Gasteiger partial charge in [-0.25, -0.2) is 0 Å². The van der Waals surface area contributed by atoms with Crippen molar-refractivity contribution in [2.75, 3.05) is 12.0 Å². The summed E-state index contributed by atoms with van der Waals surface area (Å²) in [6.07, 6.45) is 2.82. The molecule has 1 aromatic carbocycles. The van der Waals surface area contributed by atoms with Gasteiger partial charge in [0, 0.05) is 5.56 Å². The third-order valence-corrected chi connectivity index (χ3v) is 3.14. The summed E-state index contributed by atoms with van der Waals surface area (Å²) in [5.74, 6) is 2.00. The molecule has 1 aromatic heterocycles. The number of phenolic OH excluding ortho intramolecular Hbond substituents is 1. The molecular formula is C12H15N3O2S. The zero-order chi connectivity index (χ0) is 13.0. The first kappa shape index (κ1) is 12.9. The van der Waals surface area contributed by atoms with Crippen molar-refractivity contribution in [2.45, 2.75) is 12.5 Å². The van der Waals surface area contributed by atoms with E-state index in [1.165, 1.54) is 0 Å². The lowest BCUT2D eigenvalue weighted by Crippen LogP contribution is -2.11. The summed E-state index contributed by atoms with van der Waals surface area (Å²) >= 11 is 1.73. The van der Waals surface area contributed by atoms with Crippen molar-refractivity contribution in [1.82, 2.24) is 10.1 Å². The number of hydrogen-bond donors (Lipinski definition) is 2. The lowest BCUT2D eigenvalue weighted by atomic mass is 10.2. The van der Waals surface area contributed by atoms with Crippen LogP contribution in [0.15, 0.2) is 28.8 Å². The molecule has 0 aliphatic carbocycles. The second-order valence-electron chi connectivity index (χ2n) is 3.89. The summed E-state index contributed by atoms with van der Waals surface area (Å²) in [5, 5.41) is 13.3. The number of aromatic nitrogens is 2. The minimum Gasteiger partial charge on any atom is -0.508 e. The van der Waals surface area contributed by atoms with Crippen molar-refractivity contribution in [2.24, 2.45) is 5.73 Å². The Labute approximate surface area is 109 Å². The molecule has 6 heteroatoms. The highest BCUT2D eigenvalue weighted by atomic mass is 32.2. The molecule has 0 saturated carbocycles. The Bertz CT molecular complexity index is 516. The molecule has 0 amide bonds. The number of aromatic hydroxyl groups is 1. The molecule has 96 valence electrons. The van der Waals surface area contributed by atoms with E-state index in [0.717, 1.165) is 12.2 Å². The van der Waals surface area contributed by atoms with Crippen molar-refractivity contribution in [1.29, 1.82) is 0 Å². The molecule has 2 aromatic rings. The quantitative estimate of drug-likeness (QED) is 0.862. The lowest BCUT2D eigenvalue weighted by molar-refractivity contribution is 0.353. The fourth-order valence-corrected chi connectivity index (χ4v) is 2.01. The van der Waals surface area contributed by atoms with Crippen LogP contribution in [0, 0.1) is 0 Å². The maximum absolute atomic E-state index is 9.39. The molecule has 0 spiro atoms. The standard InChI is InChI=1S/C12H15N3O2S/c1-18-6-5-10(13)12-14-11(15-17-12)8-3-2-4-9(16)7-8/h2-4,7,10,16H,5-6,13H2,1H3. The summed E-state index contributed by atoms with van der Waals surface area (Å²) < 4.78 is 5.14. The van der Waals surface area contributed by atoms with E-state index in [4.69, 9.17) is 10.3 Å². The highest BCUT2D eigenvalue weighted by Crippen LogP contribution is 2.22. The van der Waals surface area contributed by atoms with E-state index in [0.29, 0.717) is 17.3 Å². The molecule has 0 fully saturated rings. The number of phenols is 1. The first-order valence-electron chi connectivity index (χ1n) is 5.58. The van der Waals surface area contributed by atoms with Crippen LogP contribution in [0.4, 0.5) is 0 Å². The van der Waals surface area contributed by atoms with Crippen LogP contribution in [0.2, 0.25) is 0 Å². The number of thioether (sulfide) groups is 1. The van der Waals surface area contributed by atoms with Crippen LogP contribution in [-0.4, -0.2) is 27.3 Å². The number of rotatable bonds is 5. The fourth-order valence-electron chi connectivity index (χ4n) is 1.52. The Kier molecular flexibility index (Phi) is 4.22. The Morgan fingerprint density at radius 2 is 2.33 bits per heavy atom. The number of benzene rings is 1. The number of hydrogen-bond acceptors (Lipinski definition) is 6. The van der Waals surface area contributed by atoms with Crippen molar-refractivity contribution < 1.29 is 9.63 Å². The van der Waals surface area contributed by atoms with Gasteiger partial charge in [0.05, 0.1) is 6.04 Å². The molecule has 0 aliphatic heterocycles. The zero-order valence-corrected chi connectivity index (χ0v) is 10.9. The average Bonchev–Trinajstić information content (AvgIpc) is 2.85. The third kappa shape index (κ3) is 3.02. The third-order valence-electron chi connectivity index (χ3n) is 2.50. The Balaban J connectivity index is 2.15. The smallest absolute Gasteiger partial charge is 0.243 e. The molecule has 0 radical (unpaired) electrons. The van der Waals surface area contributed by atoms with Crippen molar-refractivity contribution in [3.63, 3.8) is 0 Å². The van der Waals surface area contributed by atoms with E-state index < -0.39 is 0 Å². The molecule has 5 nitrogen and oxygen atoms in total. The molecule has 0 aliphatic rings. The highest BCUT2D eigenvalue weighted by molar-refractivity contribution is 7.98. The molecule has 0 saturated heterocycles. The van der Waals surface area contributed by atoms with Crippen molar-refractivity contribution in [3.8, 4) is 17.1 Å². The molecule has 3 N–H and O–H groups in total. The monoisotopic (exact) mass is 265 g/mol. The summed E-state index contributed by atoms with van der Waals surface area (Å²) in [5.41, 5.74) is 6.65. The first-order valence-corrected chi connectivity index (χ1v) is 6.97. The molecule has 1 unspecified atom stereocenters. The molecule has 18 heavy (non-hydrogen) atoms. The van der Waals surface area contributed by atoms with Crippen molar-refractivity contribution >= 4 is 11.8 Å². The van der Waals surface area contributed by atoms with E-state index in [-0.39, 0.29) is 11.8 Å². The second kappa shape index (κ2) is 5.88. The maximum atomic E-state index is 9.39. The molecule has 1 heterocycles. The first-order chi connectivity index (χ1) is 8.70. The van der Waals surface area contributed by atoms with Gasteiger partial charge in [-0.2, -0.15) is 16.7 Å². The van der Waals surface area contributed by atoms with Crippen LogP contribution in [0.3, 0.4) is 0 Å². The maximum Gasteiger partial charge on any atom is 0.243 e. The minimum absolute atomic E-state index is 0.172. The van der Waals surface area contributed by atoms with E-state index in [2.05, 4.69) is 10.1 Å². The fraction of sp³-hybridized carbons (Fsp3) is 0.333. The van der Waals surface area contributed by atoms with Gasteiger partial charge in [0.1, 0.15) is 5.75 Å². The van der Waals surface area contributed by atoms with Crippen LogP contribution in [0.25, 0.3) is 11.4 Å². The number of nitrogens with two attached hydrogens (primary N) is 1. The van der Waals surface area contributed by atoms with Gasteiger partial charge in [-0.15, -0.1) is 0 Å². The predicted octanol–water partition coefficient (Wildman–Crippen LogP) is 2.20. The van der Waals surface area contributed by atoms with E-state index in [9.17, 15) is 5.11 Å². The Hall–Kier alpha value is -1.53. The van der Waals surface area contributed by atoms with Gasteiger partial charge in [-0.05, 0) is 30.6 Å². The molecular weight excluding hydrogens is 250 g/mol. The Morgan fingerprint density at radius 3 is 3.06 bits per heavy atom. The van der Waals surface area contributed by atoms with Crippen LogP contribution in [-0.2, 0) is 0 Å². The van der Waals surface area contributed by atoms with Crippen molar-refractivity contribution in [3.05, 3.63) is 30.2 Å². The average molecular weight is 265 g/mol. The minimum atomic E-state index is -0.240. The topological polar surface area (TPSA) is 85.2 Å². The predicted molar refractivity (Wildman–Crippen MR) is 71.3 cm³/mol. The summed E-state index contributed by atoms with van der Waals surface area (Å²) in [6.45, 7) is 0. The van der Waals surface area contributed by atoms with Gasteiger partial charge in [-0.1, -0.05) is 17.3 Å². The lowest BCUT2D eigenvalue weighted by Gasteiger charge is -2.03. The van der Waals surface area contributed by atoms with Crippen LogP contribution < -0.4 is 5.73 Å². The van der Waals surface area contributed by atoms with Crippen LogP contribution >= 0.6 is 11.8 Å². The number of nitrogens with zero attached hydrogens (tertiary/aromatic N) is 2. The molecule has 1 atom stereocenters. The summed E-state index contributed by atoms with van der Waals surface area (Å²) in [4.78, 5) is 4.25. The van der Waals surface area contributed by atoms with E-state index >= 15 is 0 Å². The van der Waals surface area contributed by atoms with Gasteiger partial charge in [0.25, 0.3) is 0 Å². The highest BCUT2D eigenvalue weighted by Gasteiger charge is 2.15. The normalized spacial score (nSPS) is 12.6. The SMILES string of the molecule is CSCCC(N)c1nc(-c2cccc(O)c2)no1. The van der Waals surface area contributed by atoms with E-state index in [1.807, 2.05) is 12.3 Å². The second-order valence-corrected chi connectivity index (χ2v) is 4.88. The summed E-state index contributed by atoms with van der Waals surface area (Å²) in [7, 11) is 0. The van der Waals surface area contributed by atoms with Gasteiger partial charge in [0.2, 0.25) is 11.7 Å². The van der Waals surface area contributed by atoms with Gasteiger partial charge >= 0.3 is 0 Å². The summed E-state index contributed by atoms with van der Waals surface area (Å²) in [6, 6.07) is 6.48. The van der Waals surface area contributed by atoms with Crippen LogP contribution in [0.1, 0.15) is 18.4 Å². The zero-order valence-electron chi connectivity index (χ0n) is 10.0. The van der Waals surface area contributed by atoms with E-state index in [1.54, 1.807) is 30.0 Å². The van der Waals surface area contributed by atoms with Gasteiger partial charge < -0.3 is 15.4 Å². The van der Waals surface area contributed by atoms with Gasteiger partial charge in [0.15, 0.2) is 0 Å². The van der Waals surface area contributed by atoms with Gasteiger partial charge in [-0.3, -0.25) is 0 Å². The van der Waals surface area contributed by atoms with Crippen LogP contribution in [0.5, 0.6) is 5.75 Å². The Morgan fingerprint density at radius 1 is 1.50 bits per heavy atom.